The van der Waals surface area contributed by atoms with E-state index in [0.717, 1.165) is 5.25 Å². The fraction of sp³-hybridized carbons (Fsp3) is 0.583. The normalized spacial score (nSPS) is 19.3. The van der Waals surface area contributed by atoms with Gasteiger partial charge < -0.3 is 4.90 Å². The lowest BCUT2D eigenvalue weighted by molar-refractivity contribution is 0.244. The van der Waals surface area contributed by atoms with Crippen LogP contribution < -0.4 is 0 Å². The second-order valence-corrected chi connectivity index (χ2v) is 5.31. The fourth-order valence-electron chi connectivity index (χ4n) is 1.95. The molecular formula is C12H18N2S. The Morgan fingerprint density at radius 3 is 2.87 bits per heavy atom. The first-order valence-electron chi connectivity index (χ1n) is 5.67. The van der Waals surface area contributed by atoms with E-state index in [1.165, 1.54) is 37.4 Å². The van der Waals surface area contributed by atoms with Crippen LogP contribution in [0, 0.1) is 0 Å². The van der Waals surface area contributed by atoms with Crippen molar-refractivity contribution in [2.75, 3.05) is 19.6 Å². The number of aromatic nitrogens is 1. The fourth-order valence-corrected chi connectivity index (χ4v) is 3.06. The van der Waals surface area contributed by atoms with Gasteiger partial charge in [0.1, 0.15) is 0 Å². The topological polar surface area (TPSA) is 16.1 Å². The molecule has 0 amide bonds. The Morgan fingerprint density at radius 1 is 1.47 bits per heavy atom. The zero-order valence-electron chi connectivity index (χ0n) is 9.22. The highest BCUT2D eigenvalue weighted by Crippen LogP contribution is 2.29. The summed E-state index contributed by atoms with van der Waals surface area (Å²) in [5.41, 5.74) is 0. The van der Waals surface area contributed by atoms with Gasteiger partial charge in [-0.15, -0.1) is 11.8 Å². The molecule has 0 radical (unpaired) electrons. The summed E-state index contributed by atoms with van der Waals surface area (Å²) in [4.78, 5) is 7.99. The Balaban J connectivity index is 1.82. The number of pyridine rings is 1. The first-order valence-corrected chi connectivity index (χ1v) is 6.55. The lowest BCUT2D eigenvalue weighted by atomic mass is 10.1. The summed E-state index contributed by atoms with van der Waals surface area (Å²) >= 11 is 1.99. The number of nitrogens with zero attached hydrogens (tertiary/aromatic N) is 2. The lowest BCUT2D eigenvalue weighted by Gasteiger charge is -2.30. The van der Waals surface area contributed by atoms with Crippen molar-refractivity contribution < 1.29 is 0 Å². The van der Waals surface area contributed by atoms with Crippen molar-refractivity contribution in [2.45, 2.75) is 29.9 Å². The number of hydrogen-bond donors (Lipinski definition) is 0. The largest absolute Gasteiger partial charge is 0.304 e. The van der Waals surface area contributed by atoms with E-state index in [2.05, 4.69) is 22.9 Å². The van der Waals surface area contributed by atoms with Gasteiger partial charge in [-0.3, -0.25) is 4.98 Å². The van der Waals surface area contributed by atoms with Crippen molar-refractivity contribution in [1.82, 2.24) is 9.88 Å². The van der Waals surface area contributed by atoms with Crippen LogP contribution in [0.15, 0.2) is 29.4 Å². The maximum atomic E-state index is 4.15. The average molecular weight is 222 g/mol. The van der Waals surface area contributed by atoms with Gasteiger partial charge in [0.15, 0.2) is 0 Å². The number of likely N-dealkylation sites (tertiary alicyclic amines) is 1. The predicted molar refractivity (Wildman–Crippen MR) is 65.2 cm³/mol. The van der Waals surface area contributed by atoms with Crippen molar-refractivity contribution in [3.05, 3.63) is 24.5 Å². The third-order valence-corrected chi connectivity index (χ3v) is 4.24. The van der Waals surface area contributed by atoms with Crippen LogP contribution in [0.1, 0.15) is 19.8 Å². The minimum absolute atomic E-state index is 0.789. The Labute approximate surface area is 96.1 Å². The molecule has 2 nitrogen and oxygen atoms in total. The van der Waals surface area contributed by atoms with E-state index in [1.807, 2.05) is 30.2 Å². The smallest absolute Gasteiger partial charge is 0.0403 e. The predicted octanol–water partition coefficient (Wildman–Crippen LogP) is 2.66. The molecule has 1 aromatic rings. The van der Waals surface area contributed by atoms with Crippen LogP contribution in [0.4, 0.5) is 0 Å². The molecule has 0 bridgehead atoms. The van der Waals surface area contributed by atoms with Crippen LogP contribution in [0.5, 0.6) is 0 Å². The molecule has 3 heteroatoms. The van der Waals surface area contributed by atoms with Gasteiger partial charge >= 0.3 is 0 Å². The Morgan fingerprint density at radius 2 is 2.27 bits per heavy atom. The van der Waals surface area contributed by atoms with E-state index in [1.54, 1.807) is 0 Å². The molecule has 15 heavy (non-hydrogen) atoms. The standard InChI is InChI=1S/C12H18N2S/c1-2-14-8-5-11(6-9-14)15-12-4-3-7-13-10-12/h3-4,7,10-11H,2,5-6,8-9H2,1H3. The van der Waals surface area contributed by atoms with Crippen LogP contribution in [-0.4, -0.2) is 34.8 Å². The summed E-state index contributed by atoms with van der Waals surface area (Å²) in [6.07, 6.45) is 6.43. The summed E-state index contributed by atoms with van der Waals surface area (Å²) in [6.45, 7) is 5.96. The molecule has 0 atom stereocenters. The van der Waals surface area contributed by atoms with Gasteiger partial charge in [0.25, 0.3) is 0 Å². The highest BCUT2D eigenvalue weighted by Gasteiger charge is 2.18. The maximum absolute atomic E-state index is 4.15. The van der Waals surface area contributed by atoms with Gasteiger partial charge in [0.2, 0.25) is 0 Å². The molecule has 1 saturated heterocycles. The van der Waals surface area contributed by atoms with Gasteiger partial charge in [-0.05, 0) is 44.6 Å². The minimum Gasteiger partial charge on any atom is -0.304 e. The Kier molecular flexibility index (Phi) is 4.03. The lowest BCUT2D eigenvalue weighted by Crippen LogP contribution is -2.34. The van der Waals surface area contributed by atoms with Crippen molar-refractivity contribution in [1.29, 1.82) is 0 Å². The molecule has 2 rings (SSSR count). The van der Waals surface area contributed by atoms with E-state index in [-0.39, 0.29) is 0 Å². The molecule has 1 aromatic heterocycles. The first kappa shape index (κ1) is 11.0. The molecule has 0 aromatic carbocycles. The Hall–Kier alpha value is -0.540. The number of rotatable bonds is 3. The van der Waals surface area contributed by atoms with Crippen LogP contribution in [-0.2, 0) is 0 Å². The van der Waals surface area contributed by atoms with Crippen LogP contribution in [0.3, 0.4) is 0 Å². The van der Waals surface area contributed by atoms with E-state index < -0.39 is 0 Å². The van der Waals surface area contributed by atoms with Crippen LogP contribution >= 0.6 is 11.8 Å². The highest BCUT2D eigenvalue weighted by atomic mass is 32.2. The molecule has 1 fully saturated rings. The summed E-state index contributed by atoms with van der Waals surface area (Å²) in [7, 11) is 0. The Bertz CT molecular complexity index is 281. The van der Waals surface area contributed by atoms with E-state index >= 15 is 0 Å². The average Bonchev–Trinajstić information content (AvgIpc) is 2.31. The number of piperidine rings is 1. The van der Waals surface area contributed by atoms with Gasteiger partial charge in [-0.25, -0.2) is 0 Å². The van der Waals surface area contributed by atoms with Crippen LogP contribution in [0.2, 0.25) is 0 Å². The molecule has 0 aliphatic carbocycles. The summed E-state index contributed by atoms with van der Waals surface area (Å²) in [5, 5.41) is 0.789. The van der Waals surface area contributed by atoms with E-state index in [0.29, 0.717) is 0 Å². The van der Waals surface area contributed by atoms with Gasteiger partial charge in [-0.2, -0.15) is 0 Å². The second kappa shape index (κ2) is 5.52. The zero-order chi connectivity index (χ0) is 10.5. The van der Waals surface area contributed by atoms with Crippen molar-refractivity contribution >= 4 is 11.8 Å². The first-order chi connectivity index (χ1) is 7.38. The quantitative estimate of drug-likeness (QED) is 0.782. The summed E-state index contributed by atoms with van der Waals surface area (Å²) < 4.78 is 0. The molecule has 82 valence electrons. The van der Waals surface area contributed by atoms with Gasteiger partial charge in [0, 0.05) is 22.5 Å². The monoisotopic (exact) mass is 222 g/mol. The molecule has 1 aliphatic rings. The van der Waals surface area contributed by atoms with Crippen molar-refractivity contribution in [3.63, 3.8) is 0 Å². The summed E-state index contributed by atoms with van der Waals surface area (Å²) in [5.74, 6) is 0. The van der Waals surface area contributed by atoms with E-state index in [9.17, 15) is 0 Å². The van der Waals surface area contributed by atoms with E-state index in [4.69, 9.17) is 0 Å². The number of hydrogen-bond acceptors (Lipinski definition) is 3. The molecule has 2 heterocycles. The SMILES string of the molecule is CCN1CCC(Sc2cccnc2)CC1. The number of thioether (sulfide) groups is 1. The van der Waals surface area contributed by atoms with Crippen LogP contribution in [0.25, 0.3) is 0 Å². The minimum atomic E-state index is 0.789. The van der Waals surface area contributed by atoms with Crippen molar-refractivity contribution in [3.8, 4) is 0 Å². The van der Waals surface area contributed by atoms with Crippen molar-refractivity contribution in [2.24, 2.45) is 0 Å². The second-order valence-electron chi connectivity index (χ2n) is 3.94. The molecular weight excluding hydrogens is 204 g/mol. The third-order valence-electron chi connectivity index (χ3n) is 2.92. The maximum Gasteiger partial charge on any atom is 0.0403 e. The van der Waals surface area contributed by atoms with Gasteiger partial charge in [-0.1, -0.05) is 6.92 Å². The molecule has 0 unspecified atom stereocenters. The molecule has 1 aliphatic heterocycles. The molecule has 0 N–H and O–H groups in total. The molecule has 0 saturated carbocycles. The zero-order valence-corrected chi connectivity index (χ0v) is 10.0. The summed E-state index contributed by atoms with van der Waals surface area (Å²) in [6, 6.07) is 4.17. The highest BCUT2D eigenvalue weighted by molar-refractivity contribution is 8.00. The van der Waals surface area contributed by atoms with Gasteiger partial charge in [0.05, 0.1) is 0 Å². The third kappa shape index (κ3) is 3.21. The molecule has 0 spiro atoms.